The Balaban J connectivity index is 1.71. The van der Waals surface area contributed by atoms with Crippen LogP contribution in [0.4, 0.5) is 4.39 Å². The maximum absolute atomic E-state index is 13.0. The largest absolute Gasteiger partial charge is 0.387 e. The molecule has 0 aliphatic carbocycles. The van der Waals surface area contributed by atoms with Gasteiger partial charge < -0.3 is 10.4 Å². The van der Waals surface area contributed by atoms with Crippen molar-refractivity contribution in [1.82, 2.24) is 10.3 Å². The molecule has 0 bridgehead atoms. The molecular formula is C22H21FN2O2S. The van der Waals surface area contributed by atoms with Crippen molar-refractivity contribution in [1.29, 1.82) is 0 Å². The minimum absolute atomic E-state index is 0.0209. The lowest BCUT2D eigenvalue weighted by atomic mass is 10.1. The maximum atomic E-state index is 13.0. The smallest absolute Gasteiger partial charge is 0.254 e. The highest BCUT2D eigenvalue weighted by Gasteiger charge is 2.16. The summed E-state index contributed by atoms with van der Waals surface area (Å²) in [6, 6.07) is 15.1. The zero-order chi connectivity index (χ0) is 20.1. The van der Waals surface area contributed by atoms with Crippen LogP contribution in [0, 0.1) is 19.7 Å². The van der Waals surface area contributed by atoms with E-state index in [4.69, 9.17) is 0 Å². The van der Waals surface area contributed by atoms with Gasteiger partial charge in [0.25, 0.3) is 5.91 Å². The normalized spacial score (nSPS) is 11.9. The number of hydrogen-bond donors (Lipinski definition) is 2. The summed E-state index contributed by atoms with van der Waals surface area (Å²) in [6.07, 6.45) is 0.729. The Hall–Kier alpha value is -2.70. The van der Waals surface area contributed by atoms with Gasteiger partial charge in [-0.05, 0) is 55.3 Å². The Kier molecular flexibility index (Phi) is 6.44. The number of halogens is 1. The third-order valence-electron chi connectivity index (χ3n) is 4.26. The van der Waals surface area contributed by atoms with Crippen LogP contribution in [0.25, 0.3) is 0 Å². The molecular weight excluding hydrogens is 375 g/mol. The second-order valence-electron chi connectivity index (χ2n) is 6.50. The fourth-order valence-electron chi connectivity index (χ4n) is 2.75. The first kappa shape index (κ1) is 20.0. The van der Waals surface area contributed by atoms with Crippen LogP contribution in [0.5, 0.6) is 0 Å². The van der Waals surface area contributed by atoms with Crippen LogP contribution >= 0.6 is 11.8 Å². The molecule has 3 aromatic rings. The number of aliphatic hydroxyl groups excluding tert-OH is 1. The van der Waals surface area contributed by atoms with Gasteiger partial charge in [-0.25, -0.2) is 9.37 Å². The second kappa shape index (κ2) is 8.99. The van der Waals surface area contributed by atoms with Gasteiger partial charge in [-0.3, -0.25) is 4.79 Å². The monoisotopic (exact) mass is 396 g/mol. The fraction of sp³-hybridized carbons (Fsp3) is 0.182. The van der Waals surface area contributed by atoms with Crippen molar-refractivity contribution >= 4 is 17.7 Å². The first-order valence-corrected chi connectivity index (χ1v) is 9.67. The van der Waals surface area contributed by atoms with E-state index in [9.17, 15) is 14.3 Å². The minimum atomic E-state index is -0.920. The third kappa shape index (κ3) is 4.97. The standard InChI is InChI=1S/C22H21FN2O2S/c1-14-5-10-20(15(2)12-14)28-22-18(4-3-11-24-22)21(27)25-13-19(26)16-6-8-17(23)9-7-16/h3-12,19,26H,13H2,1-2H3,(H,25,27)/t19-/m0/s1. The van der Waals surface area contributed by atoms with E-state index >= 15 is 0 Å². The Labute approximate surface area is 167 Å². The van der Waals surface area contributed by atoms with Gasteiger partial charge >= 0.3 is 0 Å². The van der Waals surface area contributed by atoms with Gasteiger partial charge in [0.15, 0.2) is 0 Å². The molecule has 28 heavy (non-hydrogen) atoms. The van der Waals surface area contributed by atoms with Crippen LogP contribution in [-0.2, 0) is 0 Å². The summed E-state index contributed by atoms with van der Waals surface area (Å²) in [7, 11) is 0. The fourth-order valence-corrected chi connectivity index (χ4v) is 3.70. The van der Waals surface area contributed by atoms with Gasteiger partial charge in [-0.1, -0.05) is 41.6 Å². The number of aliphatic hydroxyl groups is 1. The molecule has 0 unspecified atom stereocenters. The predicted octanol–water partition coefficient (Wildman–Crippen LogP) is 4.45. The number of aromatic nitrogens is 1. The lowest BCUT2D eigenvalue weighted by molar-refractivity contribution is 0.0912. The van der Waals surface area contributed by atoms with Gasteiger partial charge in [0.1, 0.15) is 10.8 Å². The second-order valence-corrected chi connectivity index (χ2v) is 7.54. The van der Waals surface area contributed by atoms with Gasteiger partial charge in [0, 0.05) is 17.6 Å². The molecule has 3 rings (SSSR count). The number of pyridine rings is 1. The van der Waals surface area contributed by atoms with Crippen molar-refractivity contribution in [3.63, 3.8) is 0 Å². The predicted molar refractivity (Wildman–Crippen MR) is 108 cm³/mol. The molecule has 1 aromatic heterocycles. The Morgan fingerprint density at radius 2 is 1.93 bits per heavy atom. The van der Waals surface area contributed by atoms with Crippen molar-refractivity contribution < 1.29 is 14.3 Å². The van der Waals surface area contributed by atoms with E-state index in [2.05, 4.69) is 16.4 Å². The van der Waals surface area contributed by atoms with E-state index in [1.165, 1.54) is 41.6 Å². The summed E-state index contributed by atoms with van der Waals surface area (Å²) >= 11 is 1.43. The average Bonchev–Trinajstić information content (AvgIpc) is 2.69. The number of nitrogens with zero attached hydrogens (tertiary/aromatic N) is 1. The van der Waals surface area contributed by atoms with Crippen molar-refractivity contribution in [2.24, 2.45) is 0 Å². The molecule has 2 aromatic carbocycles. The van der Waals surface area contributed by atoms with E-state index in [1.54, 1.807) is 18.3 Å². The molecule has 144 valence electrons. The summed E-state index contributed by atoms with van der Waals surface area (Å²) in [5.41, 5.74) is 3.28. The minimum Gasteiger partial charge on any atom is -0.387 e. The van der Waals surface area contributed by atoms with Gasteiger partial charge in [-0.2, -0.15) is 0 Å². The van der Waals surface area contributed by atoms with Gasteiger partial charge in [0.05, 0.1) is 11.7 Å². The van der Waals surface area contributed by atoms with Crippen molar-refractivity contribution in [2.75, 3.05) is 6.54 Å². The van der Waals surface area contributed by atoms with Crippen LogP contribution in [-0.4, -0.2) is 22.5 Å². The Morgan fingerprint density at radius 3 is 2.64 bits per heavy atom. The number of nitrogens with one attached hydrogen (secondary N) is 1. The van der Waals surface area contributed by atoms with E-state index < -0.39 is 6.10 Å². The van der Waals surface area contributed by atoms with Crippen LogP contribution in [0.1, 0.15) is 33.2 Å². The van der Waals surface area contributed by atoms with Crippen molar-refractivity contribution in [3.05, 3.63) is 88.9 Å². The molecule has 1 amide bonds. The maximum Gasteiger partial charge on any atom is 0.254 e. The molecule has 1 heterocycles. The van der Waals surface area contributed by atoms with Crippen LogP contribution in [0.3, 0.4) is 0 Å². The molecule has 0 aliphatic heterocycles. The Morgan fingerprint density at radius 1 is 1.18 bits per heavy atom. The number of benzene rings is 2. The zero-order valence-corrected chi connectivity index (χ0v) is 16.5. The van der Waals surface area contributed by atoms with Crippen LogP contribution < -0.4 is 5.32 Å². The van der Waals surface area contributed by atoms with E-state index in [-0.39, 0.29) is 18.3 Å². The number of rotatable bonds is 6. The van der Waals surface area contributed by atoms with Gasteiger partial charge in [-0.15, -0.1) is 0 Å². The SMILES string of the molecule is Cc1ccc(Sc2ncccc2C(=O)NC[C@H](O)c2ccc(F)cc2)c(C)c1. The first-order chi connectivity index (χ1) is 13.4. The molecule has 6 heteroatoms. The van der Waals surface area contributed by atoms with Crippen molar-refractivity contribution in [3.8, 4) is 0 Å². The first-order valence-electron chi connectivity index (χ1n) is 8.86. The topological polar surface area (TPSA) is 62.2 Å². The molecule has 4 nitrogen and oxygen atoms in total. The van der Waals surface area contributed by atoms with E-state index in [1.807, 2.05) is 26.0 Å². The number of carbonyl (C=O) groups excluding carboxylic acids is 1. The van der Waals surface area contributed by atoms with Crippen LogP contribution in [0.2, 0.25) is 0 Å². The summed E-state index contributed by atoms with van der Waals surface area (Å²) in [4.78, 5) is 18.0. The number of amides is 1. The molecule has 0 aliphatic rings. The highest BCUT2D eigenvalue weighted by molar-refractivity contribution is 7.99. The molecule has 0 saturated carbocycles. The molecule has 0 fully saturated rings. The number of hydrogen-bond acceptors (Lipinski definition) is 4. The molecule has 0 spiro atoms. The molecule has 1 atom stereocenters. The lowest BCUT2D eigenvalue weighted by Gasteiger charge is -2.14. The Bertz CT molecular complexity index is 977. The van der Waals surface area contributed by atoms with E-state index in [0.717, 1.165) is 10.5 Å². The molecule has 0 radical (unpaired) electrons. The summed E-state index contributed by atoms with van der Waals surface area (Å²) < 4.78 is 13.0. The third-order valence-corrected chi connectivity index (χ3v) is 5.46. The average molecular weight is 396 g/mol. The number of aryl methyl sites for hydroxylation is 2. The van der Waals surface area contributed by atoms with Crippen LogP contribution in [0.15, 0.2) is 70.7 Å². The van der Waals surface area contributed by atoms with E-state index in [0.29, 0.717) is 16.2 Å². The quantitative estimate of drug-likeness (QED) is 0.646. The molecule has 2 N–H and O–H groups in total. The number of carbonyl (C=O) groups is 1. The molecule has 0 saturated heterocycles. The summed E-state index contributed by atoms with van der Waals surface area (Å²) in [5.74, 6) is -0.690. The van der Waals surface area contributed by atoms with Gasteiger partial charge in [0.2, 0.25) is 0 Å². The highest BCUT2D eigenvalue weighted by atomic mass is 32.2. The summed E-state index contributed by atoms with van der Waals surface area (Å²) in [6.45, 7) is 4.08. The zero-order valence-electron chi connectivity index (χ0n) is 15.6. The summed E-state index contributed by atoms with van der Waals surface area (Å²) in [5, 5.41) is 13.5. The van der Waals surface area contributed by atoms with Crippen molar-refractivity contribution in [2.45, 2.75) is 29.9 Å². The lowest BCUT2D eigenvalue weighted by Crippen LogP contribution is -2.29. The highest BCUT2D eigenvalue weighted by Crippen LogP contribution is 2.31.